The first kappa shape index (κ1) is 23.8. The SMILES string of the molecule is CCOC(=O)C1C(C)C1COC(c1ccccc1)(c1ccc(OC)cc1)c1ccc(OC)cc1. The molecule has 0 bridgehead atoms. The number of benzene rings is 3. The summed E-state index contributed by atoms with van der Waals surface area (Å²) in [5.74, 6) is 1.62. The Balaban J connectivity index is 1.78. The quantitative estimate of drug-likeness (QED) is 0.297. The number of carbonyl (C=O) groups is 1. The van der Waals surface area contributed by atoms with E-state index in [2.05, 4.69) is 19.1 Å². The lowest BCUT2D eigenvalue weighted by Crippen LogP contribution is -2.34. The number of rotatable bonds is 10. The third kappa shape index (κ3) is 4.53. The predicted molar refractivity (Wildman–Crippen MR) is 131 cm³/mol. The molecule has 0 heterocycles. The van der Waals surface area contributed by atoms with Crippen LogP contribution in [0, 0.1) is 17.8 Å². The maximum Gasteiger partial charge on any atom is 0.309 e. The molecular weight excluding hydrogens is 428 g/mol. The number of methoxy groups -OCH3 is 2. The van der Waals surface area contributed by atoms with Gasteiger partial charge in [-0.1, -0.05) is 61.5 Å². The number of ether oxygens (including phenoxy) is 4. The van der Waals surface area contributed by atoms with Crippen molar-refractivity contribution in [3.8, 4) is 11.5 Å². The Morgan fingerprint density at radius 1 is 0.794 bits per heavy atom. The molecule has 5 nitrogen and oxygen atoms in total. The molecule has 1 fully saturated rings. The van der Waals surface area contributed by atoms with E-state index in [1.807, 2.05) is 73.7 Å². The van der Waals surface area contributed by atoms with E-state index in [4.69, 9.17) is 18.9 Å². The maximum absolute atomic E-state index is 12.4. The van der Waals surface area contributed by atoms with Crippen molar-refractivity contribution in [1.82, 2.24) is 0 Å². The highest BCUT2D eigenvalue weighted by Gasteiger charge is 2.54. The Labute approximate surface area is 201 Å². The summed E-state index contributed by atoms with van der Waals surface area (Å²) in [6.45, 7) is 4.74. The van der Waals surface area contributed by atoms with Crippen molar-refractivity contribution < 1.29 is 23.7 Å². The number of hydrogen-bond donors (Lipinski definition) is 0. The molecule has 178 valence electrons. The normalized spacial score (nSPS) is 19.4. The Kier molecular flexibility index (Phi) is 7.23. The van der Waals surface area contributed by atoms with Crippen LogP contribution in [-0.2, 0) is 19.9 Å². The zero-order valence-electron chi connectivity index (χ0n) is 20.2. The van der Waals surface area contributed by atoms with Gasteiger partial charge in [0.15, 0.2) is 0 Å². The van der Waals surface area contributed by atoms with Crippen molar-refractivity contribution in [2.75, 3.05) is 27.4 Å². The highest BCUT2D eigenvalue weighted by molar-refractivity contribution is 5.76. The fourth-order valence-corrected chi connectivity index (χ4v) is 4.72. The van der Waals surface area contributed by atoms with E-state index in [-0.39, 0.29) is 23.7 Å². The fraction of sp³-hybridized carbons (Fsp3) is 0.345. The molecule has 0 aliphatic heterocycles. The van der Waals surface area contributed by atoms with Gasteiger partial charge in [0.25, 0.3) is 0 Å². The molecule has 0 radical (unpaired) electrons. The van der Waals surface area contributed by atoms with Crippen LogP contribution >= 0.6 is 0 Å². The van der Waals surface area contributed by atoms with E-state index in [0.717, 1.165) is 28.2 Å². The minimum Gasteiger partial charge on any atom is -0.497 e. The van der Waals surface area contributed by atoms with Crippen molar-refractivity contribution in [1.29, 1.82) is 0 Å². The molecule has 1 aliphatic rings. The van der Waals surface area contributed by atoms with Crippen LogP contribution in [0.4, 0.5) is 0 Å². The van der Waals surface area contributed by atoms with E-state index in [9.17, 15) is 4.79 Å². The Hall–Kier alpha value is -3.31. The molecule has 1 saturated carbocycles. The molecule has 3 aromatic rings. The van der Waals surface area contributed by atoms with Crippen LogP contribution in [0.2, 0.25) is 0 Å². The minimum atomic E-state index is -0.874. The molecule has 4 rings (SSSR count). The van der Waals surface area contributed by atoms with Gasteiger partial charge in [-0.15, -0.1) is 0 Å². The largest absolute Gasteiger partial charge is 0.497 e. The van der Waals surface area contributed by atoms with Gasteiger partial charge in [-0.3, -0.25) is 4.79 Å². The first-order chi connectivity index (χ1) is 16.5. The lowest BCUT2D eigenvalue weighted by atomic mass is 9.80. The Bertz CT molecular complexity index is 1030. The van der Waals surface area contributed by atoms with Crippen LogP contribution in [-0.4, -0.2) is 33.4 Å². The van der Waals surface area contributed by atoms with Gasteiger partial charge in [0.05, 0.1) is 33.4 Å². The average molecular weight is 461 g/mol. The summed E-state index contributed by atoms with van der Waals surface area (Å²) in [7, 11) is 3.31. The van der Waals surface area contributed by atoms with Crippen molar-refractivity contribution in [3.63, 3.8) is 0 Å². The Morgan fingerprint density at radius 2 is 1.29 bits per heavy atom. The molecule has 0 spiro atoms. The number of hydrogen-bond acceptors (Lipinski definition) is 5. The van der Waals surface area contributed by atoms with Crippen molar-refractivity contribution in [2.45, 2.75) is 19.4 Å². The van der Waals surface area contributed by atoms with Crippen LogP contribution in [0.3, 0.4) is 0 Å². The van der Waals surface area contributed by atoms with Gasteiger partial charge in [-0.2, -0.15) is 0 Å². The third-order valence-electron chi connectivity index (χ3n) is 6.79. The van der Waals surface area contributed by atoms with Crippen molar-refractivity contribution in [2.24, 2.45) is 17.8 Å². The second-order valence-corrected chi connectivity index (χ2v) is 8.62. The lowest BCUT2D eigenvalue weighted by molar-refractivity contribution is -0.145. The molecule has 5 heteroatoms. The topological polar surface area (TPSA) is 54.0 Å². The molecule has 0 aromatic heterocycles. The van der Waals surface area contributed by atoms with E-state index in [1.165, 1.54) is 0 Å². The van der Waals surface area contributed by atoms with Gasteiger partial charge in [0.1, 0.15) is 17.1 Å². The third-order valence-corrected chi connectivity index (χ3v) is 6.79. The summed E-state index contributed by atoms with van der Waals surface area (Å²) in [5, 5.41) is 0. The Morgan fingerprint density at radius 3 is 1.76 bits per heavy atom. The van der Waals surface area contributed by atoms with Crippen LogP contribution in [0.1, 0.15) is 30.5 Å². The summed E-state index contributed by atoms with van der Waals surface area (Å²) in [4.78, 5) is 12.4. The zero-order chi connectivity index (χ0) is 24.1. The number of carbonyl (C=O) groups excluding carboxylic acids is 1. The van der Waals surface area contributed by atoms with Gasteiger partial charge >= 0.3 is 5.97 Å². The molecule has 34 heavy (non-hydrogen) atoms. The van der Waals surface area contributed by atoms with Gasteiger partial charge < -0.3 is 18.9 Å². The lowest BCUT2D eigenvalue weighted by Gasteiger charge is -2.36. The first-order valence-electron chi connectivity index (χ1n) is 11.7. The molecule has 0 amide bonds. The number of esters is 1. The van der Waals surface area contributed by atoms with Gasteiger partial charge in [0.2, 0.25) is 0 Å². The smallest absolute Gasteiger partial charge is 0.309 e. The molecule has 3 aromatic carbocycles. The van der Waals surface area contributed by atoms with Gasteiger partial charge in [-0.05, 0) is 59.7 Å². The highest BCUT2D eigenvalue weighted by atomic mass is 16.5. The second-order valence-electron chi connectivity index (χ2n) is 8.62. The van der Waals surface area contributed by atoms with E-state index < -0.39 is 5.60 Å². The molecular formula is C29H32O5. The summed E-state index contributed by atoms with van der Waals surface area (Å²) >= 11 is 0. The molecule has 3 unspecified atom stereocenters. The zero-order valence-corrected chi connectivity index (χ0v) is 20.2. The van der Waals surface area contributed by atoms with Gasteiger partial charge in [-0.25, -0.2) is 0 Å². The van der Waals surface area contributed by atoms with E-state index in [0.29, 0.717) is 13.2 Å². The van der Waals surface area contributed by atoms with E-state index >= 15 is 0 Å². The second kappa shape index (κ2) is 10.3. The van der Waals surface area contributed by atoms with E-state index in [1.54, 1.807) is 14.2 Å². The molecule has 3 atom stereocenters. The monoisotopic (exact) mass is 460 g/mol. The van der Waals surface area contributed by atoms with Crippen LogP contribution in [0.25, 0.3) is 0 Å². The summed E-state index contributed by atoms with van der Waals surface area (Å²) in [6, 6.07) is 26.1. The summed E-state index contributed by atoms with van der Waals surface area (Å²) in [5.41, 5.74) is 2.09. The first-order valence-corrected chi connectivity index (χ1v) is 11.7. The summed E-state index contributed by atoms with van der Waals surface area (Å²) < 4.78 is 23.0. The minimum absolute atomic E-state index is 0.110. The molecule has 0 saturated heterocycles. The standard InChI is InChI=1S/C29H32O5/c1-5-33-28(30)27-20(2)26(27)19-34-29(21-9-7-6-8-10-21,22-11-15-24(31-3)16-12-22)23-13-17-25(32-4)18-14-23/h6-18,20,26-27H,5,19H2,1-4H3. The highest BCUT2D eigenvalue weighted by Crippen LogP contribution is 2.49. The van der Waals surface area contributed by atoms with Crippen LogP contribution < -0.4 is 9.47 Å². The average Bonchev–Trinajstić information content (AvgIpc) is 3.55. The van der Waals surface area contributed by atoms with Crippen LogP contribution in [0.5, 0.6) is 11.5 Å². The van der Waals surface area contributed by atoms with Crippen molar-refractivity contribution in [3.05, 3.63) is 95.6 Å². The fourth-order valence-electron chi connectivity index (χ4n) is 4.72. The van der Waals surface area contributed by atoms with Crippen LogP contribution in [0.15, 0.2) is 78.9 Å². The van der Waals surface area contributed by atoms with Crippen molar-refractivity contribution >= 4 is 5.97 Å². The molecule has 0 N–H and O–H groups in total. The molecule has 1 aliphatic carbocycles. The van der Waals surface area contributed by atoms with Gasteiger partial charge in [0, 0.05) is 0 Å². The maximum atomic E-state index is 12.4. The summed E-state index contributed by atoms with van der Waals surface area (Å²) in [6.07, 6.45) is 0. The predicted octanol–water partition coefficient (Wildman–Crippen LogP) is 5.46.